The third-order valence-corrected chi connectivity index (χ3v) is 5.82. The maximum Gasteiger partial charge on any atom is 0.329 e. The number of fused-ring (bicyclic) bond motifs is 1. The van der Waals surface area contributed by atoms with E-state index in [-0.39, 0.29) is 18.7 Å². The number of imidazole rings is 1. The highest BCUT2D eigenvalue weighted by Crippen LogP contribution is 2.25. The normalized spacial score (nSPS) is 17.5. The third-order valence-electron chi connectivity index (χ3n) is 5.82. The van der Waals surface area contributed by atoms with Gasteiger partial charge < -0.3 is 24.0 Å². The Labute approximate surface area is 185 Å². The molecule has 10 nitrogen and oxygen atoms in total. The van der Waals surface area contributed by atoms with E-state index in [1.807, 2.05) is 0 Å². The van der Waals surface area contributed by atoms with Gasteiger partial charge in [0, 0.05) is 20.1 Å². The number of nitrogens with zero attached hydrogens (tertiary/aromatic N) is 4. The Bertz CT molecular complexity index is 1200. The number of hydrogen-bond acceptors (Lipinski definition) is 7. The van der Waals surface area contributed by atoms with Crippen molar-refractivity contribution >= 4 is 17.1 Å². The van der Waals surface area contributed by atoms with Crippen LogP contribution in [0.25, 0.3) is 11.2 Å². The van der Waals surface area contributed by atoms with Gasteiger partial charge in [0.25, 0.3) is 5.56 Å². The molecule has 172 valence electrons. The summed E-state index contributed by atoms with van der Waals surface area (Å²) in [7, 11) is 3.16. The van der Waals surface area contributed by atoms with Gasteiger partial charge in [-0.25, -0.2) is 4.79 Å². The van der Waals surface area contributed by atoms with Crippen molar-refractivity contribution in [3.05, 3.63) is 45.1 Å². The van der Waals surface area contributed by atoms with Crippen LogP contribution in [-0.4, -0.2) is 57.1 Å². The van der Waals surface area contributed by atoms with Gasteiger partial charge in [0.15, 0.2) is 11.2 Å². The van der Waals surface area contributed by atoms with E-state index in [2.05, 4.69) is 21.8 Å². The molecule has 3 aromatic rings. The molecule has 2 aromatic heterocycles. The summed E-state index contributed by atoms with van der Waals surface area (Å²) in [5.41, 5.74) is -0.469. The van der Waals surface area contributed by atoms with Gasteiger partial charge in [-0.2, -0.15) is 4.98 Å². The fourth-order valence-corrected chi connectivity index (χ4v) is 4.14. The average molecular weight is 444 g/mol. The van der Waals surface area contributed by atoms with Gasteiger partial charge in [-0.15, -0.1) is 0 Å². The summed E-state index contributed by atoms with van der Waals surface area (Å²) < 4.78 is 13.9. The second kappa shape index (κ2) is 9.07. The number of benzene rings is 1. The number of H-pyrrole nitrogens is 1. The van der Waals surface area contributed by atoms with Crippen LogP contribution in [-0.2, 0) is 13.6 Å². The Hall–Kier alpha value is -3.27. The van der Waals surface area contributed by atoms with E-state index in [4.69, 9.17) is 9.47 Å². The highest BCUT2D eigenvalue weighted by Gasteiger charge is 2.26. The van der Waals surface area contributed by atoms with Crippen LogP contribution in [0.3, 0.4) is 0 Å². The number of anilines is 1. The van der Waals surface area contributed by atoms with Crippen molar-refractivity contribution in [2.24, 2.45) is 13.0 Å². The summed E-state index contributed by atoms with van der Waals surface area (Å²) in [5.74, 6) is 2.39. The second-order valence-electron chi connectivity index (χ2n) is 8.35. The molecule has 0 bridgehead atoms. The van der Waals surface area contributed by atoms with Gasteiger partial charge in [-0.3, -0.25) is 14.3 Å². The first-order valence-corrected chi connectivity index (χ1v) is 10.8. The minimum atomic E-state index is -0.896. The second-order valence-corrected chi connectivity index (χ2v) is 8.35. The first kappa shape index (κ1) is 21.9. The molecule has 1 aromatic carbocycles. The Morgan fingerprint density at radius 3 is 2.66 bits per heavy atom. The molecular formula is C22H29N5O5. The first-order chi connectivity index (χ1) is 15.4. The van der Waals surface area contributed by atoms with Gasteiger partial charge in [0.2, 0.25) is 5.95 Å². The zero-order valence-corrected chi connectivity index (χ0v) is 18.6. The molecule has 2 atom stereocenters. The number of aromatic nitrogens is 4. The number of rotatable bonds is 7. The van der Waals surface area contributed by atoms with E-state index in [9.17, 15) is 14.7 Å². The van der Waals surface area contributed by atoms with Crippen molar-refractivity contribution in [1.82, 2.24) is 19.1 Å². The molecule has 0 radical (unpaired) electrons. The molecule has 3 heterocycles. The van der Waals surface area contributed by atoms with E-state index in [0.717, 1.165) is 25.9 Å². The van der Waals surface area contributed by atoms with Crippen LogP contribution in [0, 0.1) is 5.92 Å². The summed E-state index contributed by atoms with van der Waals surface area (Å²) in [4.78, 5) is 33.9. The number of hydrogen-bond donors (Lipinski definition) is 2. The average Bonchev–Trinajstić information content (AvgIpc) is 3.16. The fourth-order valence-electron chi connectivity index (χ4n) is 4.14. The molecule has 1 aliphatic rings. The van der Waals surface area contributed by atoms with Gasteiger partial charge in [-0.05, 0) is 43.0 Å². The SMILES string of the molecule is COc1ccc(OC[C@@H](O)Cn2c(N3CCC[C@@H](C)C3)nc3c2c(=O)[nH]c(=O)n3C)cc1. The number of aromatic amines is 1. The van der Waals surface area contributed by atoms with Crippen molar-refractivity contribution in [1.29, 1.82) is 0 Å². The van der Waals surface area contributed by atoms with Crippen LogP contribution in [0.5, 0.6) is 11.5 Å². The topological polar surface area (TPSA) is 115 Å². The molecule has 2 N–H and O–H groups in total. The fraction of sp³-hybridized carbons (Fsp3) is 0.500. The highest BCUT2D eigenvalue weighted by molar-refractivity contribution is 5.74. The number of nitrogens with one attached hydrogen (secondary N) is 1. The summed E-state index contributed by atoms with van der Waals surface area (Å²) >= 11 is 0. The van der Waals surface area contributed by atoms with E-state index in [1.54, 1.807) is 43.0 Å². The number of ether oxygens (including phenoxy) is 2. The maximum absolute atomic E-state index is 12.7. The molecule has 4 rings (SSSR count). The molecule has 1 saturated heterocycles. The van der Waals surface area contributed by atoms with E-state index < -0.39 is 17.4 Å². The molecule has 32 heavy (non-hydrogen) atoms. The number of aliphatic hydroxyl groups excluding tert-OH is 1. The predicted octanol–water partition coefficient (Wildman–Crippen LogP) is 1.11. The monoisotopic (exact) mass is 443 g/mol. The summed E-state index contributed by atoms with van der Waals surface area (Å²) in [5, 5.41) is 10.7. The van der Waals surface area contributed by atoms with Crippen molar-refractivity contribution in [3.63, 3.8) is 0 Å². The van der Waals surface area contributed by atoms with Crippen molar-refractivity contribution in [2.75, 3.05) is 31.7 Å². The summed E-state index contributed by atoms with van der Waals surface area (Å²) in [6.07, 6.45) is 1.25. The Morgan fingerprint density at radius 1 is 1.25 bits per heavy atom. The van der Waals surface area contributed by atoms with E-state index in [0.29, 0.717) is 29.0 Å². The van der Waals surface area contributed by atoms with Gasteiger partial charge in [-0.1, -0.05) is 6.92 Å². The maximum atomic E-state index is 12.7. The first-order valence-electron chi connectivity index (χ1n) is 10.8. The molecular weight excluding hydrogens is 414 g/mol. The Kier molecular flexibility index (Phi) is 6.22. The van der Waals surface area contributed by atoms with Crippen molar-refractivity contribution < 1.29 is 14.6 Å². The summed E-state index contributed by atoms with van der Waals surface area (Å²) in [6.45, 7) is 3.92. The van der Waals surface area contributed by atoms with Crippen molar-refractivity contribution in [3.8, 4) is 11.5 Å². The minimum Gasteiger partial charge on any atom is -0.497 e. The van der Waals surface area contributed by atoms with Gasteiger partial charge in [0.1, 0.15) is 24.2 Å². The zero-order valence-electron chi connectivity index (χ0n) is 18.6. The standard InChI is InChI=1S/C22H29N5O5/c1-14-5-4-10-26(11-14)21-23-19-18(20(29)24-22(30)25(19)2)27(21)12-15(28)13-32-17-8-6-16(31-3)7-9-17/h6-9,14-15,28H,4-5,10-13H2,1-3H3,(H,24,29,30)/t14-,15+/m1/s1. The van der Waals surface area contributed by atoms with E-state index >= 15 is 0 Å². The molecule has 0 amide bonds. The predicted molar refractivity (Wildman–Crippen MR) is 121 cm³/mol. The van der Waals surface area contributed by atoms with Gasteiger partial charge >= 0.3 is 5.69 Å². The van der Waals surface area contributed by atoms with Crippen LogP contribution < -0.4 is 25.6 Å². The van der Waals surface area contributed by atoms with Gasteiger partial charge in [0.05, 0.1) is 13.7 Å². The van der Waals surface area contributed by atoms with Crippen molar-refractivity contribution in [2.45, 2.75) is 32.4 Å². The third kappa shape index (κ3) is 4.36. The number of piperidine rings is 1. The molecule has 10 heteroatoms. The van der Waals surface area contributed by atoms with Crippen LogP contribution >= 0.6 is 0 Å². The lowest BCUT2D eigenvalue weighted by Crippen LogP contribution is -2.37. The zero-order chi connectivity index (χ0) is 22.8. The highest BCUT2D eigenvalue weighted by atomic mass is 16.5. The number of methoxy groups -OCH3 is 1. The lowest BCUT2D eigenvalue weighted by molar-refractivity contribution is 0.0935. The molecule has 0 aliphatic carbocycles. The van der Waals surface area contributed by atoms with Crippen LogP contribution in [0.1, 0.15) is 19.8 Å². The molecule has 0 unspecified atom stereocenters. The molecule has 0 spiro atoms. The number of aryl methyl sites for hydroxylation is 1. The summed E-state index contributed by atoms with van der Waals surface area (Å²) in [6, 6.07) is 7.08. The Balaban J connectivity index is 1.63. The largest absolute Gasteiger partial charge is 0.497 e. The minimum absolute atomic E-state index is 0.0332. The molecule has 1 aliphatic heterocycles. The Morgan fingerprint density at radius 2 is 1.97 bits per heavy atom. The van der Waals surface area contributed by atoms with Crippen LogP contribution in [0.15, 0.2) is 33.9 Å². The van der Waals surface area contributed by atoms with Crippen LogP contribution in [0.2, 0.25) is 0 Å². The number of aliphatic hydroxyl groups is 1. The lowest BCUT2D eigenvalue weighted by Gasteiger charge is -2.32. The van der Waals surface area contributed by atoms with E-state index in [1.165, 1.54) is 4.57 Å². The molecule has 0 saturated carbocycles. The smallest absolute Gasteiger partial charge is 0.329 e. The molecule has 1 fully saturated rings. The quantitative estimate of drug-likeness (QED) is 0.562. The lowest BCUT2D eigenvalue weighted by atomic mass is 10.0. The van der Waals surface area contributed by atoms with Crippen LogP contribution in [0.4, 0.5) is 5.95 Å².